The van der Waals surface area contributed by atoms with E-state index in [-0.39, 0.29) is 5.54 Å². The molecule has 0 amide bonds. The van der Waals surface area contributed by atoms with E-state index in [0.717, 1.165) is 32.0 Å². The minimum atomic E-state index is -0.0855. The Bertz CT molecular complexity index is 141. The number of nitrogens with two attached hydrogens (primary N) is 1. The maximum absolute atomic E-state index is 6.12. The molecule has 86 valence electrons. The molecule has 0 aliphatic carbocycles. The van der Waals surface area contributed by atoms with Crippen LogP contribution in [0.15, 0.2) is 0 Å². The first kappa shape index (κ1) is 13.9. The highest BCUT2D eigenvalue weighted by molar-refractivity contribution is 4.81. The average molecular weight is 201 g/mol. The van der Waals surface area contributed by atoms with Crippen molar-refractivity contribution in [2.24, 2.45) is 17.6 Å². The van der Waals surface area contributed by atoms with Crippen molar-refractivity contribution in [3.05, 3.63) is 0 Å². The molecule has 2 heteroatoms. The van der Waals surface area contributed by atoms with Gasteiger partial charge in [-0.1, -0.05) is 27.7 Å². The van der Waals surface area contributed by atoms with Gasteiger partial charge < -0.3 is 10.5 Å². The van der Waals surface area contributed by atoms with Gasteiger partial charge in [-0.15, -0.1) is 0 Å². The topological polar surface area (TPSA) is 35.2 Å². The van der Waals surface area contributed by atoms with Crippen molar-refractivity contribution < 1.29 is 4.74 Å². The minimum Gasteiger partial charge on any atom is -0.381 e. The van der Waals surface area contributed by atoms with E-state index in [2.05, 4.69) is 34.6 Å². The lowest BCUT2D eigenvalue weighted by atomic mass is 9.87. The summed E-state index contributed by atoms with van der Waals surface area (Å²) in [5.41, 5.74) is 6.04. The van der Waals surface area contributed by atoms with Crippen molar-refractivity contribution in [3.8, 4) is 0 Å². The molecule has 1 atom stereocenters. The summed E-state index contributed by atoms with van der Waals surface area (Å²) in [6.07, 6.45) is 2.09. The molecule has 0 aromatic carbocycles. The Hall–Kier alpha value is -0.0800. The largest absolute Gasteiger partial charge is 0.381 e. The fourth-order valence-electron chi connectivity index (χ4n) is 1.00. The van der Waals surface area contributed by atoms with Crippen molar-refractivity contribution >= 4 is 0 Å². The van der Waals surface area contributed by atoms with Crippen LogP contribution in [-0.4, -0.2) is 18.8 Å². The zero-order valence-corrected chi connectivity index (χ0v) is 10.5. The van der Waals surface area contributed by atoms with E-state index < -0.39 is 0 Å². The van der Waals surface area contributed by atoms with Crippen molar-refractivity contribution in [2.45, 2.75) is 53.0 Å². The van der Waals surface area contributed by atoms with Crippen LogP contribution in [0.2, 0.25) is 0 Å². The van der Waals surface area contributed by atoms with Crippen molar-refractivity contribution in [3.63, 3.8) is 0 Å². The zero-order chi connectivity index (χ0) is 11.2. The second kappa shape index (κ2) is 6.41. The van der Waals surface area contributed by atoms with Crippen LogP contribution in [0.1, 0.15) is 47.5 Å². The Labute approximate surface area is 89.2 Å². The van der Waals surface area contributed by atoms with Crippen molar-refractivity contribution in [2.75, 3.05) is 13.2 Å². The Morgan fingerprint density at radius 3 is 2.14 bits per heavy atom. The second-order valence-corrected chi connectivity index (χ2v) is 5.21. The van der Waals surface area contributed by atoms with Gasteiger partial charge in [0.1, 0.15) is 0 Å². The fourth-order valence-corrected chi connectivity index (χ4v) is 1.00. The quantitative estimate of drug-likeness (QED) is 0.643. The van der Waals surface area contributed by atoms with Gasteiger partial charge in [0, 0.05) is 18.8 Å². The van der Waals surface area contributed by atoms with Crippen LogP contribution < -0.4 is 5.73 Å². The molecular formula is C12H27NO. The van der Waals surface area contributed by atoms with E-state index in [1.807, 2.05) is 0 Å². The first-order chi connectivity index (χ1) is 6.36. The van der Waals surface area contributed by atoms with Gasteiger partial charge in [-0.25, -0.2) is 0 Å². The molecule has 0 radical (unpaired) electrons. The van der Waals surface area contributed by atoms with E-state index in [4.69, 9.17) is 10.5 Å². The molecule has 0 spiro atoms. The first-order valence-corrected chi connectivity index (χ1v) is 5.73. The summed E-state index contributed by atoms with van der Waals surface area (Å²) in [5, 5.41) is 0. The lowest BCUT2D eigenvalue weighted by molar-refractivity contribution is 0.0999. The molecule has 0 rings (SSSR count). The van der Waals surface area contributed by atoms with Crippen LogP contribution in [0.3, 0.4) is 0 Å². The number of rotatable bonds is 7. The molecule has 2 N–H and O–H groups in total. The SMILES string of the molecule is CC(C)CCOCCC(C)(N)C(C)C. The van der Waals surface area contributed by atoms with Gasteiger partial charge in [0.15, 0.2) is 0 Å². The predicted molar refractivity (Wildman–Crippen MR) is 62.3 cm³/mol. The molecule has 0 fully saturated rings. The van der Waals surface area contributed by atoms with Crippen molar-refractivity contribution in [1.82, 2.24) is 0 Å². The summed E-state index contributed by atoms with van der Waals surface area (Å²) in [7, 11) is 0. The van der Waals surface area contributed by atoms with Crippen molar-refractivity contribution in [1.29, 1.82) is 0 Å². The molecule has 2 nitrogen and oxygen atoms in total. The maximum Gasteiger partial charge on any atom is 0.0483 e. The third-order valence-electron chi connectivity index (χ3n) is 2.94. The number of hydrogen-bond acceptors (Lipinski definition) is 2. The summed E-state index contributed by atoms with van der Waals surface area (Å²) < 4.78 is 5.55. The molecule has 0 aromatic heterocycles. The van der Waals surface area contributed by atoms with Gasteiger partial charge in [0.25, 0.3) is 0 Å². The molecule has 0 aliphatic heterocycles. The third-order valence-corrected chi connectivity index (χ3v) is 2.94. The van der Waals surface area contributed by atoms with Crippen LogP contribution in [-0.2, 0) is 4.74 Å². The molecule has 0 heterocycles. The maximum atomic E-state index is 6.12. The summed E-state index contributed by atoms with van der Waals surface area (Å²) in [5.74, 6) is 1.24. The van der Waals surface area contributed by atoms with Crippen LogP contribution in [0.5, 0.6) is 0 Å². The highest BCUT2D eigenvalue weighted by atomic mass is 16.5. The Kier molecular flexibility index (Phi) is 6.38. The van der Waals surface area contributed by atoms with Gasteiger partial charge in [0.2, 0.25) is 0 Å². The van der Waals surface area contributed by atoms with Gasteiger partial charge in [-0.05, 0) is 31.6 Å². The Balaban J connectivity index is 3.45. The van der Waals surface area contributed by atoms with Gasteiger partial charge >= 0.3 is 0 Å². The lowest BCUT2D eigenvalue weighted by Crippen LogP contribution is -2.42. The van der Waals surface area contributed by atoms with Crippen LogP contribution in [0.25, 0.3) is 0 Å². The molecule has 0 saturated heterocycles. The van der Waals surface area contributed by atoms with E-state index in [0.29, 0.717) is 5.92 Å². The summed E-state index contributed by atoms with van der Waals surface area (Å²) in [6, 6.07) is 0. The lowest BCUT2D eigenvalue weighted by Gasteiger charge is -2.28. The summed E-state index contributed by atoms with van der Waals surface area (Å²) in [4.78, 5) is 0. The smallest absolute Gasteiger partial charge is 0.0483 e. The van der Waals surface area contributed by atoms with Gasteiger partial charge in [-0.3, -0.25) is 0 Å². The second-order valence-electron chi connectivity index (χ2n) is 5.21. The highest BCUT2D eigenvalue weighted by Gasteiger charge is 2.22. The normalized spacial score (nSPS) is 16.3. The molecule has 1 unspecified atom stereocenters. The molecule has 0 aromatic rings. The third kappa shape index (κ3) is 6.39. The van der Waals surface area contributed by atoms with Crippen LogP contribution in [0.4, 0.5) is 0 Å². The molecule has 0 bridgehead atoms. The van der Waals surface area contributed by atoms with Gasteiger partial charge in [0.05, 0.1) is 0 Å². The monoisotopic (exact) mass is 201 g/mol. The Morgan fingerprint density at radius 1 is 1.14 bits per heavy atom. The van der Waals surface area contributed by atoms with E-state index in [1.54, 1.807) is 0 Å². The molecule has 0 aliphatic rings. The van der Waals surface area contributed by atoms with E-state index >= 15 is 0 Å². The molecule has 14 heavy (non-hydrogen) atoms. The van der Waals surface area contributed by atoms with E-state index in [1.165, 1.54) is 0 Å². The average Bonchev–Trinajstić information content (AvgIpc) is 2.02. The Morgan fingerprint density at radius 2 is 1.71 bits per heavy atom. The zero-order valence-electron chi connectivity index (χ0n) is 10.5. The van der Waals surface area contributed by atoms with Crippen LogP contribution >= 0.6 is 0 Å². The summed E-state index contributed by atoms with van der Waals surface area (Å²) >= 11 is 0. The predicted octanol–water partition coefficient (Wildman–Crippen LogP) is 2.81. The summed E-state index contributed by atoms with van der Waals surface area (Å²) in [6.45, 7) is 12.5. The highest BCUT2D eigenvalue weighted by Crippen LogP contribution is 2.17. The van der Waals surface area contributed by atoms with Crippen LogP contribution in [0, 0.1) is 11.8 Å². The van der Waals surface area contributed by atoms with E-state index in [9.17, 15) is 0 Å². The minimum absolute atomic E-state index is 0.0855. The standard InChI is InChI=1S/C12H27NO/c1-10(2)6-8-14-9-7-12(5,13)11(3)4/h10-11H,6-9,13H2,1-5H3. The number of hydrogen-bond donors (Lipinski definition) is 1. The van der Waals surface area contributed by atoms with Gasteiger partial charge in [-0.2, -0.15) is 0 Å². The number of ether oxygens (including phenoxy) is 1. The first-order valence-electron chi connectivity index (χ1n) is 5.73. The molecular weight excluding hydrogens is 174 g/mol. The molecule has 0 saturated carbocycles. The fraction of sp³-hybridized carbons (Fsp3) is 1.00.